The van der Waals surface area contributed by atoms with E-state index in [4.69, 9.17) is 9.72 Å². The molecule has 1 aromatic carbocycles. The highest BCUT2D eigenvalue weighted by Gasteiger charge is 2.36. The molecule has 200 valence electrons. The number of carbonyl (C=O) groups excluding carboxylic acids is 1. The minimum absolute atomic E-state index is 0.202. The van der Waals surface area contributed by atoms with Crippen LogP contribution in [0.25, 0.3) is 11.6 Å². The highest BCUT2D eigenvalue weighted by molar-refractivity contribution is 5.86. The average Bonchev–Trinajstić information content (AvgIpc) is 3.23. The number of fused-ring (bicyclic) bond motifs is 2. The lowest BCUT2D eigenvalue weighted by atomic mass is 9.75. The molecule has 0 N–H and O–H groups in total. The molecule has 2 aromatic heterocycles. The number of likely N-dealkylation sites (tertiary alicyclic amines) is 1. The van der Waals surface area contributed by atoms with Gasteiger partial charge in [-0.15, -0.1) is 0 Å². The summed E-state index contributed by atoms with van der Waals surface area (Å²) in [7, 11) is 0. The van der Waals surface area contributed by atoms with E-state index < -0.39 is 5.60 Å². The molecule has 2 aliphatic rings. The van der Waals surface area contributed by atoms with Crippen LogP contribution in [0.15, 0.2) is 49.1 Å². The molecule has 1 aliphatic carbocycles. The van der Waals surface area contributed by atoms with Gasteiger partial charge in [0.2, 0.25) is 0 Å². The normalized spacial score (nSPS) is 17.9. The van der Waals surface area contributed by atoms with Crippen LogP contribution in [0.4, 0.5) is 4.79 Å². The third kappa shape index (κ3) is 5.85. The van der Waals surface area contributed by atoms with Gasteiger partial charge >= 0.3 is 6.09 Å². The van der Waals surface area contributed by atoms with Gasteiger partial charge in [-0.3, -0.25) is 4.98 Å². The number of pyridine rings is 1. The summed E-state index contributed by atoms with van der Waals surface area (Å²) in [6.07, 6.45) is 12.0. The molecule has 0 spiro atoms. The minimum Gasteiger partial charge on any atom is -0.444 e. The van der Waals surface area contributed by atoms with Crippen LogP contribution < -0.4 is 0 Å². The van der Waals surface area contributed by atoms with E-state index in [1.807, 2.05) is 51.2 Å². The van der Waals surface area contributed by atoms with Crippen molar-refractivity contribution in [3.63, 3.8) is 0 Å². The number of benzene rings is 1. The van der Waals surface area contributed by atoms with E-state index in [1.54, 1.807) is 0 Å². The molecule has 0 bridgehead atoms. The van der Waals surface area contributed by atoms with Gasteiger partial charge in [0.05, 0.1) is 17.7 Å². The topological polar surface area (TPSA) is 60.2 Å². The summed E-state index contributed by atoms with van der Waals surface area (Å²) >= 11 is 0. The number of hydrogen-bond acceptors (Lipinski definition) is 4. The highest BCUT2D eigenvalue weighted by atomic mass is 16.6. The molecule has 1 aliphatic heterocycles. The fraction of sp³-hybridized carbons (Fsp3) is 0.469. The lowest BCUT2D eigenvalue weighted by molar-refractivity contribution is 0.0178. The zero-order valence-corrected chi connectivity index (χ0v) is 23.4. The maximum absolute atomic E-state index is 12.7. The molecule has 1 fully saturated rings. The Bertz CT molecular complexity index is 1330. The molecule has 1 amide bonds. The van der Waals surface area contributed by atoms with E-state index in [9.17, 15) is 4.79 Å². The molecule has 3 aromatic rings. The van der Waals surface area contributed by atoms with E-state index >= 15 is 0 Å². The van der Waals surface area contributed by atoms with Crippen molar-refractivity contribution in [3.8, 4) is 0 Å². The zero-order chi connectivity index (χ0) is 26.9. The van der Waals surface area contributed by atoms with Crippen molar-refractivity contribution in [2.45, 2.75) is 78.4 Å². The second kappa shape index (κ2) is 10.8. The standard InChI is InChI=1S/C32H40N4O2/c1-22-10-11-27-28(18-22)25(9-7-15-35-20-23(2)34-21-35)19-26-8-6-14-33-30(26)29(27)24-12-16-36(17-13-24)31(37)38-32(3,4)5/h6,8,10-11,14,18-21,24,29H,7,9,12-13,15-17H2,1-5H3. The van der Waals surface area contributed by atoms with Crippen LogP contribution >= 0.6 is 0 Å². The molecule has 6 nitrogen and oxygen atoms in total. The summed E-state index contributed by atoms with van der Waals surface area (Å²) in [6, 6.07) is 11.2. The van der Waals surface area contributed by atoms with Crippen LogP contribution in [0.5, 0.6) is 0 Å². The summed E-state index contributed by atoms with van der Waals surface area (Å²) in [5.74, 6) is 0.609. The predicted octanol–water partition coefficient (Wildman–Crippen LogP) is 7.01. The molecule has 1 saturated heterocycles. The van der Waals surface area contributed by atoms with Gasteiger partial charge in [-0.1, -0.05) is 29.8 Å². The monoisotopic (exact) mass is 512 g/mol. The summed E-state index contributed by atoms with van der Waals surface area (Å²) in [6.45, 7) is 12.4. The Morgan fingerprint density at radius 3 is 2.61 bits per heavy atom. The van der Waals surface area contributed by atoms with Crippen LogP contribution in [0, 0.1) is 19.8 Å². The molecule has 1 unspecified atom stereocenters. The van der Waals surface area contributed by atoms with Crippen LogP contribution in [-0.4, -0.2) is 44.2 Å². The number of ether oxygens (including phenoxy) is 1. The van der Waals surface area contributed by atoms with Crippen molar-refractivity contribution < 1.29 is 9.53 Å². The van der Waals surface area contributed by atoms with Gasteiger partial charge < -0.3 is 14.2 Å². The van der Waals surface area contributed by atoms with E-state index in [0.717, 1.165) is 43.6 Å². The second-order valence-corrected chi connectivity index (χ2v) is 11.9. The number of aryl methyl sites for hydroxylation is 3. The van der Waals surface area contributed by atoms with Crippen molar-refractivity contribution in [1.82, 2.24) is 19.4 Å². The van der Waals surface area contributed by atoms with Crippen molar-refractivity contribution in [2.75, 3.05) is 13.1 Å². The minimum atomic E-state index is -0.479. The summed E-state index contributed by atoms with van der Waals surface area (Å²) in [4.78, 5) is 23.9. The summed E-state index contributed by atoms with van der Waals surface area (Å²) in [5.41, 5.74) is 8.33. The lowest BCUT2D eigenvalue weighted by Crippen LogP contribution is -2.42. The van der Waals surface area contributed by atoms with Crippen LogP contribution in [0.2, 0.25) is 0 Å². The molecule has 3 heterocycles. The number of imidazole rings is 1. The zero-order valence-electron chi connectivity index (χ0n) is 23.4. The van der Waals surface area contributed by atoms with Crippen molar-refractivity contribution >= 4 is 17.7 Å². The third-order valence-corrected chi connectivity index (χ3v) is 7.67. The molecule has 1 atom stereocenters. The predicted molar refractivity (Wildman–Crippen MR) is 152 cm³/mol. The Labute approximate surface area is 226 Å². The van der Waals surface area contributed by atoms with E-state index in [0.29, 0.717) is 19.0 Å². The Hall–Kier alpha value is -3.41. The van der Waals surface area contributed by atoms with Gasteiger partial charge in [-0.25, -0.2) is 9.78 Å². The SMILES string of the molecule is Cc1ccc2c(c1)C(CCCn1cnc(C)c1)=Cc1cccnc1C2C1CCN(C(=O)OC(C)(C)C)CC1. The number of hydrogen-bond donors (Lipinski definition) is 0. The molecule has 5 rings (SSSR count). The van der Waals surface area contributed by atoms with Gasteiger partial charge in [0.15, 0.2) is 0 Å². The largest absolute Gasteiger partial charge is 0.444 e. The first-order valence-corrected chi connectivity index (χ1v) is 13.9. The van der Waals surface area contributed by atoms with Gasteiger partial charge in [0.25, 0.3) is 0 Å². The Balaban J connectivity index is 1.42. The lowest BCUT2D eigenvalue weighted by Gasteiger charge is -2.37. The number of allylic oxidation sites excluding steroid dienone is 1. The van der Waals surface area contributed by atoms with Crippen molar-refractivity contribution in [1.29, 1.82) is 0 Å². The molecule has 0 saturated carbocycles. The Kier molecular flexibility index (Phi) is 7.42. The first kappa shape index (κ1) is 26.2. The molecule has 38 heavy (non-hydrogen) atoms. The van der Waals surface area contributed by atoms with E-state index in [2.05, 4.69) is 53.0 Å². The number of amides is 1. The molecule has 6 heteroatoms. The van der Waals surface area contributed by atoms with Crippen molar-refractivity contribution in [2.24, 2.45) is 5.92 Å². The fourth-order valence-electron chi connectivity index (χ4n) is 5.92. The summed E-state index contributed by atoms with van der Waals surface area (Å²) < 4.78 is 7.83. The number of nitrogens with zero attached hydrogens (tertiary/aromatic N) is 4. The molecular formula is C32H40N4O2. The number of aromatic nitrogens is 3. The maximum Gasteiger partial charge on any atom is 0.410 e. The first-order chi connectivity index (χ1) is 18.2. The fourth-order valence-corrected chi connectivity index (χ4v) is 5.92. The van der Waals surface area contributed by atoms with Crippen LogP contribution in [-0.2, 0) is 11.3 Å². The maximum atomic E-state index is 12.7. The summed E-state index contributed by atoms with van der Waals surface area (Å²) in [5, 5.41) is 0. The van der Waals surface area contributed by atoms with Gasteiger partial charge in [-0.2, -0.15) is 0 Å². The van der Waals surface area contributed by atoms with Crippen LogP contribution in [0.1, 0.15) is 86.0 Å². The second-order valence-electron chi connectivity index (χ2n) is 11.9. The van der Waals surface area contributed by atoms with Gasteiger partial charge in [-0.05, 0) is 101 Å². The quantitative estimate of drug-likeness (QED) is 0.369. The Morgan fingerprint density at radius 1 is 1.11 bits per heavy atom. The third-order valence-electron chi connectivity index (χ3n) is 7.67. The van der Waals surface area contributed by atoms with Crippen LogP contribution in [0.3, 0.4) is 0 Å². The number of carbonyl (C=O) groups is 1. The number of piperidine rings is 1. The van der Waals surface area contributed by atoms with E-state index in [-0.39, 0.29) is 12.0 Å². The van der Waals surface area contributed by atoms with Gasteiger partial charge in [0.1, 0.15) is 5.60 Å². The smallest absolute Gasteiger partial charge is 0.410 e. The average molecular weight is 513 g/mol. The van der Waals surface area contributed by atoms with E-state index in [1.165, 1.54) is 27.8 Å². The Morgan fingerprint density at radius 2 is 1.89 bits per heavy atom. The first-order valence-electron chi connectivity index (χ1n) is 13.9. The van der Waals surface area contributed by atoms with Gasteiger partial charge in [0, 0.05) is 37.9 Å². The highest BCUT2D eigenvalue weighted by Crippen LogP contribution is 2.45. The van der Waals surface area contributed by atoms with Crippen molar-refractivity contribution in [3.05, 3.63) is 82.7 Å². The molecule has 0 radical (unpaired) electrons. The molecular weight excluding hydrogens is 472 g/mol. The number of rotatable bonds is 5.